The largest absolute Gasteiger partial charge is 0.301 e. The molecule has 0 bridgehead atoms. The zero-order valence-electron chi connectivity index (χ0n) is 14.1. The molecule has 2 aliphatic heterocycles. The normalized spacial score (nSPS) is 22.3. The van der Waals surface area contributed by atoms with Crippen LogP contribution in [-0.2, 0) is 4.79 Å². The summed E-state index contributed by atoms with van der Waals surface area (Å²) >= 11 is 0. The van der Waals surface area contributed by atoms with E-state index in [0.29, 0.717) is 5.56 Å². The van der Waals surface area contributed by atoms with E-state index in [1.807, 2.05) is 69.3 Å². The number of fused-ring (bicyclic) bond motifs is 3. The number of aryl methyl sites for hydroxylation is 1. The number of anilines is 1. The zero-order valence-corrected chi connectivity index (χ0v) is 14.1. The summed E-state index contributed by atoms with van der Waals surface area (Å²) in [6, 6.07) is 15.1. The minimum absolute atomic E-state index is 0.00158. The minimum atomic E-state index is -0.420. The average Bonchev–Trinajstić information content (AvgIpc) is 3.02. The molecule has 4 heteroatoms. The highest BCUT2D eigenvalue weighted by molar-refractivity contribution is 6.10. The number of amides is 2. The number of carbonyl (C=O) groups is 2. The first-order chi connectivity index (χ1) is 11.5. The molecule has 0 aromatic heterocycles. The summed E-state index contributed by atoms with van der Waals surface area (Å²) in [5.74, 6) is 0.0210. The van der Waals surface area contributed by atoms with E-state index in [1.54, 1.807) is 9.80 Å². The highest BCUT2D eigenvalue weighted by atomic mass is 16.2. The maximum atomic E-state index is 13.1. The summed E-state index contributed by atoms with van der Waals surface area (Å²) in [4.78, 5) is 29.6. The lowest BCUT2D eigenvalue weighted by atomic mass is 10.0. The van der Waals surface area contributed by atoms with Gasteiger partial charge in [-0.3, -0.25) is 14.5 Å². The summed E-state index contributed by atoms with van der Waals surface area (Å²) in [6.07, 6.45) is -0.337. The van der Waals surface area contributed by atoms with Crippen molar-refractivity contribution < 1.29 is 9.59 Å². The van der Waals surface area contributed by atoms with Gasteiger partial charge < -0.3 is 4.90 Å². The topological polar surface area (TPSA) is 40.6 Å². The van der Waals surface area contributed by atoms with Gasteiger partial charge in [0.1, 0.15) is 12.2 Å². The van der Waals surface area contributed by atoms with E-state index >= 15 is 0 Å². The van der Waals surface area contributed by atoms with Crippen molar-refractivity contribution in [2.75, 3.05) is 4.90 Å². The fourth-order valence-electron chi connectivity index (χ4n) is 3.82. The summed E-state index contributed by atoms with van der Waals surface area (Å²) in [6.45, 7) is 6.01. The van der Waals surface area contributed by atoms with Crippen LogP contribution in [0.2, 0.25) is 0 Å². The molecule has 0 saturated carbocycles. The quantitative estimate of drug-likeness (QED) is 0.849. The van der Waals surface area contributed by atoms with Crippen LogP contribution in [0.3, 0.4) is 0 Å². The van der Waals surface area contributed by atoms with Crippen LogP contribution < -0.4 is 4.90 Å². The van der Waals surface area contributed by atoms with Gasteiger partial charge in [-0.1, -0.05) is 49.7 Å². The zero-order chi connectivity index (χ0) is 17.0. The smallest absolute Gasteiger partial charge is 0.256 e. The molecule has 0 unspecified atom stereocenters. The Bertz CT molecular complexity index is 826. The molecule has 24 heavy (non-hydrogen) atoms. The van der Waals surface area contributed by atoms with E-state index in [2.05, 4.69) is 0 Å². The molecule has 122 valence electrons. The maximum absolute atomic E-state index is 13.1. The van der Waals surface area contributed by atoms with E-state index in [4.69, 9.17) is 0 Å². The number of nitrogens with zero attached hydrogens (tertiary/aromatic N) is 2. The molecule has 2 aromatic carbocycles. The second kappa shape index (κ2) is 5.20. The number of benzene rings is 2. The standard InChI is InChI=1S/C20H20N2O2/c1-12(2)17-20(24)21(14-10-8-13(3)9-11-14)18-15-6-4-5-7-16(15)19(23)22(17)18/h4-12,17-18H,1-3H3/t17-,18-/m0/s1. The third kappa shape index (κ3) is 1.92. The fourth-order valence-corrected chi connectivity index (χ4v) is 3.82. The molecule has 2 aliphatic rings. The second-order valence-electron chi connectivity index (χ2n) is 6.91. The van der Waals surface area contributed by atoms with Gasteiger partial charge in [-0.05, 0) is 31.0 Å². The first-order valence-electron chi connectivity index (χ1n) is 8.32. The Morgan fingerprint density at radius 1 is 0.958 bits per heavy atom. The van der Waals surface area contributed by atoms with Crippen LogP contribution in [0.25, 0.3) is 0 Å². The van der Waals surface area contributed by atoms with Gasteiger partial charge in [0.15, 0.2) is 0 Å². The van der Waals surface area contributed by atoms with Gasteiger partial charge in [0, 0.05) is 16.8 Å². The molecule has 1 saturated heterocycles. The van der Waals surface area contributed by atoms with E-state index in [9.17, 15) is 9.59 Å². The van der Waals surface area contributed by atoms with Crippen molar-refractivity contribution in [2.24, 2.45) is 5.92 Å². The number of rotatable bonds is 2. The molecule has 0 aliphatic carbocycles. The summed E-state index contributed by atoms with van der Waals surface area (Å²) in [5, 5.41) is 0. The molecular weight excluding hydrogens is 300 g/mol. The molecule has 2 atom stereocenters. The number of hydrogen-bond acceptors (Lipinski definition) is 2. The Hall–Kier alpha value is -2.62. The van der Waals surface area contributed by atoms with Gasteiger partial charge in [0.2, 0.25) is 0 Å². The fraction of sp³-hybridized carbons (Fsp3) is 0.300. The first-order valence-corrected chi connectivity index (χ1v) is 8.32. The lowest BCUT2D eigenvalue weighted by Crippen LogP contribution is -2.39. The van der Waals surface area contributed by atoms with E-state index in [0.717, 1.165) is 16.8 Å². The molecule has 4 rings (SSSR count). The molecule has 0 N–H and O–H groups in total. The van der Waals surface area contributed by atoms with Crippen LogP contribution in [0.15, 0.2) is 48.5 Å². The van der Waals surface area contributed by atoms with Crippen LogP contribution in [0, 0.1) is 12.8 Å². The van der Waals surface area contributed by atoms with Gasteiger partial charge in [0.25, 0.3) is 11.8 Å². The van der Waals surface area contributed by atoms with Gasteiger partial charge >= 0.3 is 0 Å². The van der Waals surface area contributed by atoms with Crippen LogP contribution in [0.1, 0.15) is 41.5 Å². The third-order valence-corrected chi connectivity index (χ3v) is 4.95. The Balaban J connectivity index is 1.89. The monoisotopic (exact) mass is 320 g/mol. The predicted molar refractivity (Wildman–Crippen MR) is 92.6 cm³/mol. The average molecular weight is 320 g/mol. The number of carbonyl (C=O) groups excluding carboxylic acids is 2. The van der Waals surface area contributed by atoms with Gasteiger partial charge in [-0.2, -0.15) is 0 Å². The Morgan fingerprint density at radius 2 is 1.62 bits per heavy atom. The van der Waals surface area contributed by atoms with Crippen molar-refractivity contribution in [3.8, 4) is 0 Å². The SMILES string of the molecule is Cc1ccc(N2C(=O)[C@H](C(C)C)N3C(=O)c4ccccc4[C@@H]23)cc1. The van der Waals surface area contributed by atoms with Crippen LogP contribution in [-0.4, -0.2) is 22.8 Å². The predicted octanol–water partition coefficient (Wildman–Crippen LogP) is 3.52. The Kier molecular flexibility index (Phi) is 3.23. The molecule has 0 radical (unpaired) electrons. The molecule has 4 nitrogen and oxygen atoms in total. The molecule has 0 spiro atoms. The van der Waals surface area contributed by atoms with Crippen LogP contribution in [0.4, 0.5) is 5.69 Å². The lowest BCUT2D eigenvalue weighted by Gasteiger charge is -2.26. The van der Waals surface area contributed by atoms with Crippen LogP contribution in [0.5, 0.6) is 0 Å². The van der Waals surface area contributed by atoms with E-state index in [1.165, 1.54) is 0 Å². The van der Waals surface area contributed by atoms with Crippen molar-refractivity contribution in [3.63, 3.8) is 0 Å². The second-order valence-corrected chi connectivity index (χ2v) is 6.91. The third-order valence-electron chi connectivity index (χ3n) is 4.95. The van der Waals surface area contributed by atoms with Crippen molar-refractivity contribution in [2.45, 2.75) is 33.0 Å². The van der Waals surface area contributed by atoms with E-state index in [-0.39, 0.29) is 23.9 Å². The molecule has 2 aromatic rings. The minimum Gasteiger partial charge on any atom is -0.301 e. The van der Waals surface area contributed by atoms with Crippen molar-refractivity contribution in [1.82, 2.24) is 4.90 Å². The Morgan fingerprint density at radius 3 is 2.29 bits per heavy atom. The van der Waals surface area contributed by atoms with Crippen molar-refractivity contribution in [1.29, 1.82) is 0 Å². The molecule has 2 amide bonds. The molecular formula is C20H20N2O2. The van der Waals surface area contributed by atoms with Gasteiger partial charge in [-0.25, -0.2) is 0 Å². The molecule has 1 fully saturated rings. The lowest BCUT2D eigenvalue weighted by molar-refractivity contribution is -0.120. The van der Waals surface area contributed by atoms with Crippen molar-refractivity contribution in [3.05, 3.63) is 65.2 Å². The van der Waals surface area contributed by atoms with Crippen molar-refractivity contribution >= 4 is 17.5 Å². The highest BCUT2D eigenvalue weighted by Gasteiger charge is 2.55. The summed E-state index contributed by atoms with van der Waals surface area (Å²) in [7, 11) is 0. The van der Waals surface area contributed by atoms with Gasteiger partial charge in [-0.15, -0.1) is 0 Å². The maximum Gasteiger partial charge on any atom is 0.256 e. The summed E-state index contributed by atoms with van der Waals surface area (Å²) < 4.78 is 0. The Labute approximate surface area is 141 Å². The van der Waals surface area contributed by atoms with Gasteiger partial charge in [0.05, 0.1) is 0 Å². The number of hydrogen-bond donors (Lipinski definition) is 0. The van der Waals surface area contributed by atoms with Crippen LogP contribution >= 0.6 is 0 Å². The first kappa shape index (κ1) is 14.9. The summed E-state index contributed by atoms with van der Waals surface area (Å²) in [5.41, 5.74) is 3.61. The molecule has 2 heterocycles. The highest BCUT2D eigenvalue weighted by Crippen LogP contribution is 2.46. The van der Waals surface area contributed by atoms with E-state index < -0.39 is 6.04 Å².